The average Bonchev–Trinajstić information content (AvgIpc) is 2.18. The Morgan fingerprint density at radius 3 is 2.47 bits per heavy atom. The molecule has 1 amide bonds. The highest BCUT2D eigenvalue weighted by Gasteiger charge is 2.34. The summed E-state index contributed by atoms with van der Waals surface area (Å²) in [5.41, 5.74) is 2.17. The lowest BCUT2D eigenvalue weighted by molar-refractivity contribution is -0.144. The maximum absolute atomic E-state index is 12.6. The van der Waals surface area contributed by atoms with Crippen LogP contribution in [0.25, 0.3) is 0 Å². The second-order valence-corrected chi connectivity index (χ2v) is 3.20. The highest BCUT2D eigenvalue weighted by molar-refractivity contribution is 5.92. The first-order valence-electron chi connectivity index (χ1n) is 4.50. The fourth-order valence-electron chi connectivity index (χ4n) is 1.32. The Morgan fingerprint density at radius 2 is 2.06 bits per heavy atom. The molecule has 0 aliphatic heterocycles. The molecular weight excluding hydrogens is 237 g/mol. The smallest absolute Gasteiger partial charge is 0.365 e. The van der Waals surface area contributed by atoms with Gasteiger partial charge in [-0.3, -0.25) is 14.2 Å². The van der Waals surface area contributed by atoms with Crippen molar-refractivity contribution in [3.05, 3.63) is 46.4 Å². The number of carbonyl (C=O) groups excluding carboxylic acids is 1. The van der Waals surface area contributed by atoms with Gasteiger partial charge in [-0.05, 0) is 12.1 Å². The van der Waals surface area contributed by atoms with Gasteiger partial charge in [0.2, 0.25) is 0 Å². The number of hydrogen-bond donors (Lipinski definition) is 1. The second-order valence-electron chi connectivity index (χ2n) is 3.20. The third-order valence-electron chi connectivity index (χ3n) is 2.04. The van der Waals surface area contributed by atoms with E-state index in [9.17, 15) is 22.8 Å². The minimum atomic E-state index is -4.68. The zero-order valence-corrected chi connectivity index (χ0v) is 8.62. The number of allylic oxidation sites excluding steroid dienone is 1. The predicted octanol–water partition coefficient (Wildman–Crippen LogP) is 1.15. The van der Waals surface area contributed by atoms with Gasteiger partial charge in [0.25, 0.3) is 11.5 Å². The zero-order valence-electron chi connectivity index (χ0n) is 8.62. The van der Waals surface area contributed by atoms with Gasteiger partial charge in [-0.25, -0.2) is 0 Å². The number of rotatable bonds is 3. The van der Waals surface area contributed by atoms with Crippen molar-refractivity contribution in [1.29, 1.82) is 0 Å². The van der Waals surface area contributed by atoms with Gasteiger partial charge in [-0.1, -0.05) is 6.08 Å². The normalized spacial score (nSPS) is 11.2. The topological polar surface area (TPSA) is 65.1 Å². The molecular formula is C10H9F3N2O2. The molecule has 1 aromatic rings. The summed E-state index contributed by atoms with van der Waals surface area (Å²) in [5, 5.41) is 0. The van der Waals surface area contributed by atoms with E-state index in [1.807, 2.05) is 0 Å². The molecule has 1 heterocycles. The van der Waals surface area contributed by atoms with Crippen LogP contribution in [0.2, 0.25) is 0 Å². The largest absolute Gasteiger partial charge is 0.431 e. The van der Waals surface area contributed by atoms with E-state index in [1.54, 1.807) is 0 Å². The second kappa shape index (κ2) is 4.44. The van der Waals surface area contributed by atoms with E-state index in [0.29, 0.717) is 10.6 Å². The summed E-state index contributed by atoms with van der Waals surface area (Å²) >= 11 is 0. The van der Waals surface area contributed by atoms with Crippen molar-refractivity contribution in [3.63, 3.8) is 0 Å². The molecule has 0 aliphatic carbocycles. The molecule has 0 radical (unpaired) electrons. The first-order valence-corrected chi connectivity index (χ1v) is 4.50. The molecule has 1 rings (SSSR count). The van der Waals surface area contributed by atoms with Gasteiger partial charge in [0.05, 0.1) is 0 Å². The Balaban J connectivity index is 3.56. The summed E-state index contributed by atoms with van der Waals surface area (Å²) < 4.78 is 38.1. The van der Waals surface area contributed by atoms with Gasteiger partial charge in [-0.15, -0.1) is 6.58 Å². The van der Waals surface area contributed by atoms with E-state index in [2.05, 4.69) is 6.58 Å². The van der Waals surface area contributed by atoms with Crippen molar-refractivity contribution in [2.45, 2.75) is 12.7 Å². The van der Waals surface area contributed by atoms with Gasteiger partial charge in [0, 0.05) is 6.54 Å². The van der Waals surface area contributed by atoms with Gasteiger partial charge < -0.3 is 5.73 Å². The van der Waals surface area contributed by atoms with Crippen LogP contribution in [0.4, 0.5) is 13.2 Å². The van der Waals surface area contributed by atoms with Crippen LogP contribution < -0.4 is 11.3 Å². The standard InChI is InChI=1S/C10H9F3N2O2/c1-2-5-15-7(10(11,12)13)4-3-6(8(14)16)9(15)17/h2-4H,1,5H2,(H2,14,16). The SMILES string of the molecule is C=CCn1c(C(F)(F)F)ccc(C(N)=O)c1=O. The Kier molecular flexibility index (Phi) is 3.40. The van der Waals surface area contributed by atoms with Crippen molar-refractivity contribution in [1.82, 2.24) is 4.57 Å². The molecule has 0 saturated carbocycles. The number of primary amides is 1. The van der Waals surface area contributed by atoms with Gasteiger partial charge in [0.1, 0.15) is 11.3 Å². The number of aromatic nitrogens is 1. The Morgan fingerprint density at radius 1 is 1.47 bits per heavy atom. The van der Waals surface area contributed by atoms with E-state index in [-0.39, 0.29) is 6.54 Å². The Hall–Kier alpha value is -2.05. The molecule has 0 aliphatic rings. The van der Waals surface area contributed by atoms with Crippen molar-refractivity contribution in [3.8, 4) is 0 Å². The molecule has 17 heavy (non-hydrogen) atoms. The van der Waals surface area contributed by atoms with E-state index in [0.717, 1.165) is 12.1 Å². The average molecular weight is 246 g/mol. The first kappa shape index (κ1) is 13.0. The third kappa shape index (κ3) is 2.55. The number of alkyl halides is 3. The number of nitrogens with zero attached hydrogens (tertiary/aromatic N) is 1. The summed E-state index contributed by atoms with van der Waals surface area (Å²) in [6.45, 7) is 2.90. The van der Waals surface area contributed by atoms with E-state index < -0.39 is 28.9 Å². The van der Waals surface area contributed by atoms with Crippen molar-refractivity contribution < 1.29 is 18.0 Å². The molecule has 92 valence electrons. The molecule has 0 unspecified atom stereocenters. The lowest BCUT2D eigenvalue weighted by Crippen LogP contribution is -2.33. The molecule has 2 N–H and O–H groups in total. The van der Waals surface area contributed by atoms with Crippen LogP contribution in [0, 0.1) is 0 Å². The number of nitrogens with two attached hydrogens (primary N) is 1. The molecule has 1 aromatic heterocycles. The maximum Gasteiger partial charge on any atom is 0.431 e. The zero-order chi connectivity index (χ0) is 13.2. The monoisotopic (exact) mass is 246 g/mol. The molecule has 0 spiro atoms. The van der Waals surface area contributed by atoms with Crippen LogP contribution in [-0.2, 0) is 12.7 Å². The number of pyridine rings is 1. The molecule has 0 bridgehead atoms. The fraction of sp³-hybridized carbons (Fsp3) is 0.200. The van der Waals surface area contributed by atoms with Crippen molar-refractivity contribution >= 4 is 5.91 Å². The number of carbonyl (C=O) groups is 1. The van der Waals surface area contributed by atoms with Gasteiger partial charge in [0.15, 0.2) is 0 Å². The fourth-order valence-corrected chi connectivity index (χ4v) is 1.32. The summed E-state index contributed by atoms with van der Waals surface area (Å²) in [4.78, 5) is 22.4. The molecule has 0 atom stereocenters. The van der Waals surface area contributed by atoms with E-state index in [4.69, 9.17) is 5.73 Å². The maximum atomic E-state index is 12.6. The molecule has 0 saturated heterocycles. The van der Waals surface area contributed by atoms with Crippen molar-refractivity contribution in [2.75, 3.05) is 0 Å². The molecule has 0 aromatic carbocycles. The van der Waals surface area contributed by atoms with Crippen LogP contribution in [0.1, 0.15) is 16.1 Å². The Labute approximate surface area is 94.2 Å². The predicted molar refractivity (Wildman–Crippen MR) is 54.4 cm³/mol. The van der Waals surface area contributed by atoms with Crippen LogP contribution in [0.5, 0.6) is 0 Å². The minimum Gasteiger partial charge on any atom is -0.365 e. The van der Waals surface area contributed by atoms with Gasteiger partial charge in [-0.2, -0.15) is 13.2 Å². The summed E-state index contributed by atoms with van der Waals surface area (Å²) in [6, 6.07) is 1.41. The Bertz CT molecular complexity index is 517. The van der Waals surface area contributed by atoms with Crippen LogP contribution in [0.3, 0.4) is 0 Å². The highest BCUT2D eigenvalue weighted by Crippen LogP contribution is 2.28. The van der Waals surface area contributed by atoms with Crippen LogP contribution in [0.15, 0.2) is 29.6 Å². The van der Waals surface area contributed by atoms with Crippen molar-refractivity contribution in [2.24, 2.45) is 5.73 Å². The van der Waals surface area contributed by atoms with Gasteiger partial charge >= 0.3 is 6.18 Å². The number of halogens is 3. The summed E-state index contributed by atoms with van der Waals surface area (Å²) in [7, 11) is 0. The quantitative estimate of drug-likeness (QED) is 0.813. The summed E-state index contributed by atoms with van der Waals surface area (Å²) in [5.74, 6) is -1.07. The molecule has 0 fully saturated rings. The molecule has 4 nitrogen and oxygen atoms in total. The summed E-state index contributed by atoms with van der Waals surface area (Å²) in [6.07, 6.45) is -3.56. The van der Waals surface area contributed by atoms with E-state index in [1.165, 1.54) is 0 Å². The van der Waals surface area contributed by atoms with E-state index >= 15 is 0 Å². The van der Waals surface area contributed by atoms with Crippen LogP contribution >= 0.6 is 0 Å². The lowest BCUT2D eigenvalue weighted by atomic mass is 10.2. The third-order valence-corrected chi connectivity index (χ3v) is 2.04. The number of hydrogen-bond acceptors (Lipinski definition) is 2. The lowest BCUT2D eigenvalue weighted by Gasteiger charge is -2.14. The molecule has 7 heteroatoms. The minimum absolute atomic E-state index is 0.352. The highest BCUT2D eigenvalue weighted by atomic mass is 19.4. The number of amides is 1. The van der Waals surface area contributed by atoms with Crippen LogP contribution in [-0.4, -0.2) is 10.5 Å². The first-order chi connectivity index (χ1) is 7.79.